The van der Waals surface area contributed by atoms with Crippen LogP contribution in [0.5, 0.6) is 5.75 Å². The van der Waals surface area contributed by atoms with Crippen LogP contribution in [-0.4, -0.2) is 26.0 Å². The van der Waals surface area contributed by atoms with Crippen molar-refractivity contribution in [3.63, 3.8) is 0 Å². The monoisotopic (exact) mass is 523 g/mol. The van der Waals surface area contributed by atoms with Crippen molar-refractivity contribution in [1.82, 2.24) is 4.90 Å². The molecule has 1 heterocycles. The standard InChI is InChI=1S/C24H18BrN3O4S/c25-19-11-18(22(29)20(13-19)28(31)32)12-21-23(30)27(15-17-9-5-2-6-10-17)24(33-21)26-14-16-7-3-1-4-8-16/h1-13,29H,14-15H2. The predicted molar refractivity (Wildman–Crippen MR) is 133 cm³/mol. The molecule has 4 rings (SSSR count). The van der Waals surface area contributed by atoms with Crippen molar-refractivity contribution < 1.29 is 14.8 Å². The predicted octanol–water partition coefficient (Wildman–Crippen LogP) is 5.74. The SMILES string of the molecule is O=C1C(=Cc2cc(Br)cc([N+](=O)[O-])c2O)SC(=NCc2ccccc2)N1Cc1ccccc1. The Morgan fingerprint density at radius 1 is 1.06 bits per heavy atom. The van der Waals surface area contributed by atoms with Gasteiger partial charge in [-0.1, -0.05) is 76.6 Å². The fourth-order valence-electron chi connectivity index (χ4n) is 3.27. The molecule has 0 atom stereocenters. The van der Waals surface area contributed by atoms with Crippen LogP contribution in [0.3, 0.4) is 0 Å². The number of aromatic hydroxyl groups is 1. The van der Waals surface area contributed by atoms with Gasteiger partial charge in [0.2, 0.25) is 5.75 Å². The summed E-state index contributed by atoms with van der Waals surface area (Å²) in [5.74, 6) is -0.772. The Labute approximate surface area is 202 Å². The van der Waals surface area contributed by atoms with Crippen LogP contribution in [-0.2, 0) is 17.9 Å². The third-order valence-corrected chi connectivity index (χ3v) is 6.38. The molecule has 0 aliphatic carbocycles. The molecular formula is C24H18BrN3O4S. The van der Waals surface area contributed by atoms with Gasteiger partial charge in [-0.2, -0.15) is 0 Å². The van der Waals surface area contributed by atoms with E-state index < -0.39 is 16.4 Å². The van der Waals surface area contributed by atoms with Crippen molar-refractivity contribution in [2.24, 2.45) is 4.99 Å². The molecule has 0 unspecified atom stereocenters. The first-order valence-corrected chi connectivity index (χ1v) is 11.5. The van der Waals surface area contributed by atoms with E-state index in [0.29, 0.717) is 27.6 Å². The van der Waals surface area contributed by atoms with E-state index in [4.69, 9.17) is 0 Å². The Kier molecular flexibility index (Phi) is 6.90. The van der Waals surface area contributed by atoms with Crippen LogP contribution in [0.15, 0.2) is 87.2 Å². The molecular weight excluding hydrogens is 506 g/mol. The zero-order valence-electron chi connectivity index (χ0n) is 17.2. The number of rotatable bonds is 6. The van der Waals surface area contributed by atoms with Crippen molar-refractivity contribution in [2.45, 2.75) is 13.1 Å². The average molecular weight is 524 g/mol. The Morgan fingerprint density at radius 3 is 2.33 bits per heavy atom. The van der Waals surface area contributed by atoms with Gasteiger partial charge >= 0.3 is 5.69 Å². The van der Waals surface area contributed by atoms with Crippen LogP contribution in [0, 0.1) is 10.1 Å². The van der Waals surface area contributed by atoms with Gasteiger partial charge in [0.1, 0.15) is 0 Å². The number of aliphatic imine (C=N–C) groups is 1. The highest BCUT2D eigenvalue weighted by Gasteiger charge is 2.34. The van der Waals surface area contributed by atoms with Crippen LogP contribution < -0.4 is 0 Å². The molecule has 1 fully saturated rings. The van der Waals surface area contributed by atoms with Crippen LogP contribution in [0.2, 0.25) is 0 Å². The summed E-state index contributed by atoms with van der Waals surface area (Å²) in [6.45, 7) is 0.741. The number of nitro benzene ring substituents is 1. The summed E-state index contributed by atoms with van der Waals surface area (Å²) in [7, 11) is 0. The largest absolute Gasteiger partial charge is 0.502 e. The molecule has 7 nitrogen and oxygen atoms in total. The first-order chi connectivity index (χ1) is 15.9. The summed E-state index contributed by atoms with van der Waals surface area (Å²) in [4.78, 5) is 30.4. The van der Waals surface area contributed by atoms with Gasteiger partial charge < -0.3 is 5.11 Å². The van der Waals surface area contributed by atoms with Gasteiger partial charge in [-0.25, -0.2) is 0 Å². The number of hydrogen-bond donors (Lipinski definition) is 1. The second-order valence-electron chi connectivity index (χ2n) is 7.19. The van der Waals surface area contributed by atoms with Gasteiger partial charge in [0.05, 0.1) is 22.9 Å². The number of amides is 1. The quantitative estimate of drug-likeness (QED) is 0.252. The Balaban J connectivity index is 1.70. The van der Waals surface area contributed by atoms with Crippen molar-refractivity contribution in [1.29, 1.82) is 0 Å². The third-order valence-electron chi connectivity index (χ3n) is 4.88. The molecule has 33 heavy (non-hydrogen) atoms. The minimum atomic E-state index is -0.667. The van der Waals surface area contributed by atoms with Gasteiger partial charge in [-0.05, 0) is 35.0 Å². The lowest BCUT2D eigenvalue weighted by Crippen LogP contribution is -2.28. The maximum absolute atomic E-state index is 13.3. The van der Waals surface area contributed by atoms with E-state index in [1.165, 1.54) is 30.0 Å². The van der Waals surface area contributed by atoms with E-state index in [9.17, 15) is 20.0 Å². The fraction of sp³-hybridized carbons (Fsp3) is 0.0833. The zero-order chi connectivity index (χ0) is 23.4. The number of thioether (sulfide) groups is 1. The molecule has 0 radical (unpaired) electrons. The first-order valence-electron chi connectivity index (χ1n) is 9.93. The van der Waals surface area contributed by atoms with Gasteiger partial charge in [0.25, 0.3) is 5.91 Å². The lowest BCUT2D eigenvalue weighted by atomic mass is 10.1. The summed E-state index contributed by atoms with van der Waals surface area (Å²) in [6, 6.07) is 22.0. The maximum Gasteiger partial charge on any atom is 0.312 e. The molecule has 3 aromatic carbocycles. The molecule has 3 aromatic rings. The number of carbonyl (C=O) groups excluding carboxylic acids is 1. The summed E-state index contributed by atoms with van der Waals surface area (Å²) in [5.41, 5.74) is 1.69. The second kappa shape index (κ2) is 10.0. The van der Waals surface area contributed by atoms with Crippen molar-refractivity contribution >= 4 is 50.5 Å². The minimum Gasteiger partial charge on any atom is -0.502 e. The second-order valence-corrected chi connectivity index (χ2v) is 9.12. The molecule has 1 aliphatic rings. The van der Waals surface area contributed by atoms with Crippen LogP contribution in [0.1, 0.15) is 16.7 Å². The number of phenols is 1. The van der Waals surface area contributed by atoms with Gasteiger partial charge in [0.15, 0.2) is 5.17 Å². The van der Waals surface area contributed by atoms with Crippen molar-refractivity contribution in [3.05, 3.63) is 109 Å². The summed E-state index contributed by atoms with van der Waals surface area (Å²) >= 11 is 4.41. The number of carbonyl (C=O) groups is 1. The molecule has 166 valence electrons. The highest BCUT2D eigenvalue weighted by Crippen LogP contribution is 2.39. The molecule has 0 aromatic heterocycles. The van der Waals surface area contributed by atoms with E-state index >= 15 is 0 Å². The van der Waals surface area contributed by atoms with Crippen LogP contribution in [0.25, 0.3) is 6.08 Å². The molecule has 0 spiro atoms. The fourth-order valence-corrected chi connectivity index (χ4v) is 4.70. The minimum absolute atomic E-state index is 0.177. The summed E-state index contributed by atoms with van der Waals surface area (Å²) < 4.78 is 0.424. The summed E-state index contributed by atoms with van der Waals surface area (Å²) in [6.07, 6.45) is 1.46. The number of nitro groups is 1. The topological polar surface area (TPSA) is 96.0 Å². The van der Waals surface area contributed by atoms with Crippen molar-refractivity contribution in [3.8, 4) is 5.75 Å². The number of nitrogens with zero attached hydrogens (tertiary/aromatic N) is 3. The molecule has 1 N–H and O–H groups in total. The molecule has 9 heteroatoms. The van der Waals surface area contributed by atoms with E-state index in [1.54, 1.807) is 4.90 Å². The maximum atomic E-state index is 13.3. The molecule has 1 saturated heterocycles. The molecule has 1 amide bonds. The number of amidine groups is 1. The molecule has 0 saturated carbocycles. The number of phenolic OH excluding ortho intramolecular Hbond substituents is 1. The zero-order valence-corrected chi connectivity index (χ0v) is 19.6. The van der Waals surface area contributed by atoms with Gasteiger partial charge in [-0.3, -0.25) is 24.8 Å². The van der Waals surface area contributed by atoms with Gasteiger partial charge in [-0.15, -0.1) is 0 Å². The Hall–Kier alpha value is -3.43. The Morgan fingerprint density at radius 2 is 1.70 bits per heavy atom. The highest BCUT2D eigenvalue weighted by atomic mass is 79.9. The van der Waals surface area contributed by atoms with E-state index in [2.05, 4.69) is 20.9 Å². The highest BCUT2D eigenvalue weighted by molar-refractivity contribution is 9.10. The number of benzene rings is 3. The molecule has 1 aliphatic heterocycles. The van der Waals surface area contributed by atoms with Crippen molar-refractivity contribution in [2.75, 3.05) is 0 Å². The lowest BCUT2D eigenvalue weighted by Gasteiger charge is -2.15. The lowest BCUT2D eigenvalue weighted by molar-refractivity contribution is -0.385. The van der Waals surface area contributed by atoms with E-state index in [1.807, 2.05) is 60.7 Å². The summed E-state index contributed by atoms with van der Waals surface area (Å²) in [5, 5.41) is 22.2. The van der Waals surface area contributed by atoms with Crippen LogP contribution in [0.4, 0.5) is 5.69 Å². The van der Waals surface area contributed by atoms with Gasteiger partial charge in [0, 0.05) is 16.1 Å². The third kappa shape index (κ3) is 5.32. The van der Waals surface area contributed by atoms with Crippen LogP contribution >= 0.6 is 27.7 Å². The molecule has 0 bridgehead atoms. The normalized spacial score (nSPS) is 16.0. The first kappa shape index (κ1) is 22.8. The van der Waals surface area contributed by atoms with E-state index in [0.717, 1.165) is 11.1 Å². The average Bonchev–Trinajstić information content (AvgIpc) is 3.10. The number of hydrogen-bond acceptors (Lipinski definition) is 6. The Bertz CT molecular complexity index is 1260. The van der Waals surface area contributed by atoms with E-state index in [-0.39, 0.29) is 11.5 Å². The smallest absolute Gasteiger partial charge is 0.312 e. The number of halogens is 1.